The molecule has 0 aliphatic heterocycles. The van der Waals surface area contributed by atoms with Crippen LogP contribution in [0.15, 0.2) is 0 Å². The van der Waals surface area contributed by atoms with Crippen molar-refractivity contribution < 1.29 is 0 Å². The quantitative estimate of drug-likeness (QED) is 0.448. The van der Waals surface area contributed by atoms with Gasteiger partial charge in [0.1, 0.15) is 0 Å². The van der Waals surface area contributed by atoms with Crippen LogP contribution in [0.5, 0.6) is 0 Å². The summed E-state index contributed by atoms with van der Waals surface area (Å²) in [5, 5.41) is 3.08. The minimum Gasteiger partial charge on any atom is -0.0913 e. The lowest BCUT2D eigenvalue weighted by Gasteiger charge is -1.91. The van der Waals surface area contributed by atoms with E-state index in [0.29, 0.717) is 0 Å². The van der Waals surface area contributed by atoms with E-state index in [2.05, 4.69) is 25.0 Å². The molecule has 0 fully saturated rings. The van der Waals surface area contributed by atoms with Crippen LogP contribution >= 0.6 is 11.8 Å². The van der Waals surface area contributed by atoms with Gasteiger partial charge in [0.25, 0.3) is 0 Å². The lowest BCUT2D eigenvalue weighted by Crippen LogP contribution is -1.73. The topological polar surface area (TPSA) is 0 Å². The molecule has 0 aromatic carbocycles. The van der Waals surface area contributed by atoms with Crippen molar-refractivity contribution >= 4 is 11.8 Å². The van der Waals surface area contributed by atoms with Crippen molar-refractivity contribution in [2.45, 2.75) is 46.0 Å². The van der Waals surface area contributed by atoms with Crippen molar-refractivity contribution in [2.75, 3.05) is 5.75 Å². The molecular formula is C10H18S. The normalized spacial score (nSPS) is 8.91. The van der Waals surface area contributed by atoms with E-state index in [4.69, 9.17) is 0 Å². The molecule has 0 amide bonds. The maximum Gasteiger partial charge on any atom is 0.00976 e. The van der Waals surface area contributed by atoms with E-state index in [9.17, 15) is 0 Å². The lowest BCUT2D eigenvalue weighted by molar-refractivity contribution is 0.680. The van der Waals surface area contributed by atoms with Gasteiger partial charge in [-0.1, -0.05) is 50.8 Å². The lowest BCUT2D eigenvalue weighted by atomic mass is 10.2. The van der Waals surface area contributed by atoms with Crippen LogP contribution < -0.4 is 0 Å². The fourth-order valence-electron chi connectivity index (χ4n) is 0.814. The Hall–Kier alpha value is -0.0900. The molecule has 1 heteroatoms. The van der Waals surface area contributed by atoms with E-state index in [0.717, 1.165) is 12.2 Å². The Kier molecular flexibility index (Phi) is 9.83. The van der Waals surface area contributed by atoms with E-state index in [1.165, 1.54) is 25.7 Å². The van der Waals surface area contributed by atoms with Crippen LogP contribution in [-0.4, -0.2) is 5.75 Å². The first kappa shape index (κ1) is 10.9. The first-order valence-corrected chi connectivity index (χ1v) is 5.50. The van der Waals surface area contributed by atoms with Crippen LogP contribution in [0.2, 0.25) is 0 Å². The molecule has 0 spiro atoms. The first-order chi connectivity index (χ1) is 5.41. The molecule has 0 unspecified atom stereocenters. The molecule has 0 radical (unpaired) electrons. The van der Waals surface area contributed by atoms with Gasteiger partial charge in [-0.3, -0.25) is 0 Å². The van der Waals surface area contributed by atoms with Crippen LogP contribution in [0.4, 0.5) is 0 Å². The monoisotopic (exact) mass is 170 g/mol. The Labute approximate surface area is 75.1 Å². The van der Waals surface area contributed by atoms with Crippen LogP contribution in [0.1, 0.15) is 46.0 Å². The van der Waals surface area contributed by atoms with Gasteiger partial charge in [0.05, 0.1) is 0 Å². The summed E-state index contributed by atoms with van der Waals surface area (Å²) in [4.78, 5) is 0. The molecule has 64 valence electrons. The molecule has 0 N–H and O–H groups in total. The summed E-state index contributed by atoms with van der Waals surface area (Å²) in [7, 11) is 0. The van der Waals surface area contributed by atoms with Gasteiger partial charge in [-0.05, 0) is 11.7 Å². The van der Waals surface area contributed by atoms with Gasteiger partial charge in [0.15, 0.2) is 0 Å². The summed E-state index contributed by atoms with van der Waals surface area (Å²) in [6.07, 6.45) is 6.40. The van der Waals surface area contributed by atoms with Crippen molar-refractivity contribution in [2.24, 2.45) is 0 Å². The van der Waals surface area contributed by atoms with Gasteiger partial charge in [-0.15, -0.1) is 0 Å². The number of hydrogen-bond donors (Lipinski definition) is 0. The van der Waals surface area contributed by atoms with Crippen molar-refractivity contribution in [1.82, 2.24) is 0 Å². The molecule has 0 atom stereocenters. The fourth-order valence-corrected chi connectivity index (χ4v) is 1.16. The molecule has 0 rings (SSSR count). The molecule has 0 saturated carbocycles. The summed E-state index contributed by atoms with van der Waals surface area (Å²) < 4.78 is 0. The number of unbranched alkanes of at least 4 members (excludes halogenated alkanes) is 4. The van der Waals surface area contributed by atoms with E-state index < -0.39 is 0 Å². The van der Waals surface area contributed by atoms with E-state index in [1.54, 1.807) is 11.8 Å². The summed E-state index contributed by atoms with van der Waals surface area (Å²) in [6.45, 7) is 4.37. The molecule has 0 aliphatic rings. The number of thioether (sulfide) groups is 1. The van der Waals surface area contributed by atoms with Crippen molar-refractivity contribution in [3.05, 3.63) is 0 Å². The Morgan fingerprint density at radius 1 is 1.09 bits per heavy atom. The highest BCUT2D eigenvalue weighted by Gasteiger charge is 1.83. The molecule has 0 aromatic rings. The minimum atomic E-state index is 1.09. The number of rotatable bonds is 5. The molecular weight excluding hydrogens is 152 g/mol. The molecule has 11 heavy (non-hydrogen) atoms. The third-order valence-electron chi connectivity index (χ3n) is 1.44. The molecule has 0 heterocycles. The predicted octanol–water partition coefficient (Wildman–Crippen LogP) is 3.67. The van der Waals surface area contributed by atoms with Crippen molar-refractivity contribution in [3.8, 4) is 11.2 Å². The zero-order chi connectivity index (χ0) is 8.36. The maximum absolute atomic E-state index is 3.16. The van der Waals surface area contributed by atoms with E-state index in [-0.39, 0.29) is 0 Å². The molecule has 0 aromatic heterocycles. The Balaban J connectivity index is 2.96. The zero-order valence-electron chi connectivity index (χ0n) is 7.65. The van der Waals surface area contributed by atoms with Gasteiger partial charge in [0.2, 0.25) is 0 Å². The smallest absolute Gasteiger partial charge is 0.00976 e. The van der Waals surface area contributed by atoms with Crippen molar-refractivity contribution in [1.29, 1.82) is 0 Å². The average Bonchev–Trinajstić information content (AvgIpc) is 2.03. The summed E-state index contributed by atoms with van der Waals surface area (Å²) in [6, 6.07) is 0. The standard InChI is InChI=1S/C10H18S/c1-3-5-6-7-8-9-10-11-4-2/h3-8H2,1-2H3. The van der Waals surface area contributed by atoms with Gasteiger partial charge in [-0.2, -0.15) is 0 Å². The zero-order valence-corrected chi connectivity index (χ0v) is 8.47. The summed E-state index contributed by atoms with van der Waals surface area (Å²) in [5.74, 6) is 4.27. The maximum atomic E-state index is 3.16. The first-order valence-electron chi connectivity index (χ1n) is 4.51. The van der Waals surface area contributed by atoms with Crippen molar-refractivity contribution in [3.63, 3.8) is 0 Å². The highest BCUT2D eigenvalue weighted by molar-refractivity contribution is 8.03. The second-order valence-electron chi connectivity index (χ2n) is 2.52. The minimum absolute atomic E-state index is 1.09. The molecule has 0 nitrogen and oxygen atoms in total. The van der Waals surface area contributed by atoms with Gasteiger partial charge < -0.3 is 0 Å². The third kappa shape index (κ3) is 9.91. The Morgan fingerprint density at radius 3 is 2.55 bits per heavy atom. The Morgan fingerprint density at radius 2 is 1.91 bits per heavy atom. The molecule has 0 saturated heterocycles. The fraction of sp³-hybridized carbons (Fsp3) is 0.800. The molecule has 0 aliphatic carbocycles. The second kappa shape index (κ2) is 9.91. The van der Waals surface area contributed by atoms with Gasteiger partial charge >= 0.3 is 0 Å². The highest BCUT2D eigenvalue weighted by atomic mass is 32.2. The van der Waals surface area contributed by atoms with Crippen LogP contribution in [0, 0.1) is 11.2 Å². The SMILES string of the molecule is CCCCCCC#CSCC. The van der Waals surface area contributed by atoms with Gasteiger partial charge in [-0.25, -0.2) is 0 Å². The Bertz CT molecular complexity index is 119. The van der Waals surface area contributed by atoms with Crippen LogP contribution in [0.3, 0.4) is 0 Å². The molecule has 0 bridgehead atoms. The largest absolute Gasteiger partial charge is 0.0913 e. The highest BCUT2D eigenvalue weighted by Crippen LogP contribution is 2.01. The summed E-state index contributed by atoms with van der Waals surface area (Å²) >= 11 is 1.71. The van der Waals surface area contributed by atoms with Gasteiger partial charge in [0, 0.05) is 12.2 Å². The van der Waals surface area contributed by atoms with Crippen LogP contribution in [0.25, 0.3) is 0 Å². The third-order valence-corrected chi connectivity index (χ3v) is 2.02. The summed E-state index contributed by atoms with van der Waals surface area (Å²) in [5.41, 5.74) is 0. The second-order valence-corrected chi connectivity index (χ2v) is 3.59. The van der Waals surface area contributed by atoms with E-state index >= 15 is 0 Å². The van der Waals surface area contributed by atoms with Crippen LogP contribution in [-0.2, 0) is 0 Å². The van der Waals surface area contributed by atoms with E-state index in [1.807, 2.05) is 0 Å². The number of hydrogen-bond acceptors (Lipinski definition) is 1. The predicted molar refractivity (Wildman–Crippen MR) is 54.7 cm³/mol. The average molecular weight is 170 g/mol.